The van der Waals surface area contributed by atoms with Crippen molar-refractivity contribution in [2.75, 3.05) is 30.3 Å². The van der Waals surface area contributed by atoms with Crippen molar-refractivity contribution in [3.05, 3.63) is 52.4 Å². The van der Waals surface area contributed by atoms with Gasteiger partial charge in [-0.3, -0.25) is 14.2 Å². The van der Waals surface area contributed by atoms with Crippen LogP contribution in [0.2, 0.25) is 5.02 Å². The number of ether oxygens (including phenoxy) is 1. The summed E-state index contributed by atoms with van der Waals surface area (Å²) < 4.78 is 47.4. The Hall–Kier alpha value is -3.05. The minimum atomic E-state index is -4.48. The van der Waals surface area contributed by atoms with Crippen molar-refractivity contribution in [3.63, 3.8) is 0 Å². The third kappa shape index (κ3) is 4.16. The van der Waals surface area contributed by atoms with Crippen molar-refractivity contribution in [2.45, 2.75) is 44.6 Å². The number of halogens is 4. The number of morpholine rings is 1. The van der Waals surface area contributed by atoms with Crippen molar-refractivity contribution in [2.24, 2.45) is 0 Å². The van der Waals surface area contributed by atoms with Gasteiger partial charge in [-0.05, 0) is 43.5 Å². The zero-order valence-corrected chi connectivity index (χ0v) is 19.8. The molecule has 1 amide bonds. The zero-order chi connectivity index (χ0) is 25.1. The van der Waals surface area contributed by atoms with E-state index in [1.54, 1.807) is 30.4 Å². The Morgan fingerprint density at radius 1 is 1.26 bits per heavy atom. The van der Waals surface area contributed by atoms with Gasteiger partial charge in [0.15, 0.2) is 11.8 Å². The van der Waals surface area contributed by atoms with E-state index in [0.717, 1.165) is 18.0 Å². The summed E-state index contributed by atoms with van der Waals surface area (Å²) in [5.41, 5.74) is 6.73. The summed E-state index contributed by atoms with van der Waals surface area (Å²) in [6, 6.07) is 1.53. The number of nitrogens with two attached hydrogens (primary N) is 1. The molecule has 0 unspecified atom stereocenters. The van der Waals surface area contributed by atoms with E-state index in [1.807, 2.05) is 16.2 Å². The molecule has 8 nitrogen and oxygen atoms in total. The van der Waals surface area contributed by atoms with Gasteiger partial charge in [-0.1, -0.05) is 11.6 Å². The van der Waals surface area contributed by atoms with Gasteiger partial charge >= 0.3 is 6.18 Å². The van der Waals surface area contributed by atoms with Crippen molar-refractivity contribution < 1.29 is 22.7 Å². The van der Waals surface area contributed by atoms with Gasteiger partial charge in [-0.2, -0.15) is 13.2 Å². The first kappa shape index (κ1) is 23.7. The maximum Gasteiger partial charge on any atom is 0.416 e. The normalized spacial score (nSPS) is 23.0. The summed E-state index contributed by atoms with van der Waals surface area (Å²) in [7, 11) is 0. The quantitative estimate of drug-likeness (QED) is 0.567. The van der Waals surface area contributed by atoms with Crippen molar-refractivity contribution in [3.8, 4) is 0 Å². The molecule has 0 radical (unpaired) electrons. The molecule has 35 heavy (non-hydrogen) atoms. The fourth-order valence-electron chi connectivity index (χ4n) is 4.95. The monoisotopic (exact) mass is 508 g/mol. The van der Waals surface area contributed by atoms with Crippen LogP contribution < -0.4 is 10.6 Å². The largest absolute Gasteiger partial charge is 0.416 e. The molecule has 1 aromatic carbocycles. The van der Waals surface area contributed by atoms with Gasteiger partial charge in [0, 0.05) is 11.6 Å². The summed E-state index contributed by atoms with van der Waals surface area (Å²) in [4.78, 5) is 25.7. The third-order valence-corrected chi connectivity index (χ3v) is 7.03. The van der Waals surface area contributed by atoms with Crippen LogP contribution in [0.3, 0.4) is 0 Å². The number of benzene rings is 1. The number of aromatic nitrogens is 3. The molecule has 3 aromatic rings. The Morgan fingerprint density at radius 3 is 2.77 bits per heavy atom. The summed E-state index contributed by atoms with van der Waals surface area (Å²) in [5, 5.41) is 0.00934. The topological polar surface area (TPSA) is 89.0 Å². The Kier molecular flexibility index (Phi) is 5.79. The van der Waals surface area contributed by atoms with Crippen LogP contribution in [-0.4, -0.2) is 57.0 Å². The Bertz CT molecular complexity index is 1300. The lowest BCUT2D eigenvalue weighted by Crippen LogP contribution is -2.56. The average molecular weight is 509 g/mol. The van der Waals surface area contributed by atoms with E-state index < -0.39 is 23.9 Å². The molecular weight excluding hydrogens is 485 g/mol. The van der Waals surface area contributed by atoms with Crippen molar-refractivity contribution in [1.82, 2.24) is 19.3 Å². The highest BCUT2D eigenvalue weighted by Crippen LogP contribution is 2.40. The van der Waals surface area contributed by atoms with E-state index in [1.165, 1.54) is 0 Å². The smallest absolute Gasteiger partial charge is 0.382 e. The summed E-state index contributed by atoms with van der Waals surface area (Å²) >= 11 is 6.28. The van der Waals surface area contributed by atoms with Crippen molar-refractivity contribution in [1.29, 1.82) is 0 Å². The molecule has 186 valence electrons. The number of hydrogen-bond donors (Lipinski definition) is 1. The van der Waals surface area contributed by atoms with E-state index in [4.69, 9.17) is 22.1 Å². The number of imidazole rings is 1. The van der Waals surface area contributed by atoms with E-state index in [0.29, 0.717) is 29.2 Å². The maximum atomic E-state index is 13.6. The van der Waals surface area contributed by atoms with Gasteiger partial charge in [-0.25, -0.2) is 4.98 Å². The second-order valence-electron chi connectivity index (χ2n) is 8.97. The maximum absolute atomic E-state index is 13.6. The van der Waals surface area contributed by atoms with Crippen molar-refractivity contribution >= 4 is 34.8 Å². The number of fused-ring (bicyclic) bond motifs is 2. The highest BCUT2D eigenvalue weighted by atomic mass is 35.5. The fraction of sp³-hybridized carbons (Fsp3) is 0.435. The van der Waals surface area contributed by atoms with Gasteiger partial charge < -0.3 is 20.3 Å². The van der Waals surface area contributed by atoms with Crippen LogP contribution in [0.4, 0.5) is 24.8 Å². The lowest BCUT2D eigenvalue weighted by molar-refractivity contribution is -0.148. The molecule has 3 atom stereocenters. The first-order valence-electron chi connectivity index (χ1n) is 11.2. The Balaban J connectivity index is 1.40. The predicted molar refractivity (Wildman–Crippen MR) is 124 cm³/mol. The summed E-state index contributed by atoms with van der Waals surface area (Å²) in [5.74, 6) is 0.862. The van der Waals surface area contributed by atoms with Gasteiger partial charge in [0.2, 0.25) is 0 Å². The van der Waals surface area contributed by atoms with Gasteiger partial charge in [0.1, 0.15) is 11.6 Å². The van der Waals surface area contributed by atoms with Crippen LogP contribution in [-0.2, 0) is 22.1 Å². The van der Waals surface area contributed by atoms with Gasteiger partial charge in [0.25, 0.3) is 5.91 Å². The van der Waals surface area contributed by atoms with Crippen LogP contribution in [0.15, 0.2) is 30.7 Å². The number of nitrogen functional groups attached to an aromatic ring is 1. The molecule has 12 heteroatoms. The van der Waals surface area contributed by atoms with Gasteiger partial charge in [0.05, 0.1) is 49.4 Å². The first-order chi connectivity index (χ1) is 16.5. The molecule has 2 aromatic heterocycles. The minimum absolute atomic E-state index is 0.00934. The SMILES string of the molecule is C[C@H]1c2c(Cl)cc(C(F)(F)F)cc2CCN1C(=O)[C@H]1CN(c2cncc3nc(N)cn23)[C@@H](C)CO1. The van der Waals surface area contributed by atoms with Crippen LogP contribution in [0, 0.1) is 0 Å². The summed E-state index contributed by atoms with van der Waals surface area (Å²) in [6.45, 7) is 4.62. The third-order valence-electron chi connectivity index (χ3n) is 6.71. The molecule has 0 bridgehead atoms. The lowest BCUT2D eigenvalue weighted by atomic mass is 9.91. The number of carbonyl (C=O) groups excluding carboxylic acids is 1. The van der Waals surface area contributed by atoms with Gasteiger partial charge in [-0.15, -0.1) is 0 Å². The number of carbonyl (C=O) groups is 1. The number of nitrogens with zero attached hydrogens (tertiary/aromatic N) is 5. The molecule has 4 heterocycles. The number of anilines is 2. The molecule has 2 aliphatic rings. The molecule has 0 spiro atoms. The van der Waals surface area contributed by atoms with Crippen LogP contribution in [0.25, 0.3) is 5.65 Å². The highest BCUT2D eigenvalue weighted by molar-refractivity contribution is 6.31. The van der Waals surface area contributed by atoms with E-state index in [2.05, 4.69) is 9.97 Å². The molecular formula is C23H24ClF3N6O2. The number of amides is 1. The van der Waals surface area contributed by atoms with E-state index >= 15 is 0 Å². The molecule has 1 saturated heterocycles. The lowest BCUT2D eigenvalue weighted by Gasteiger charge is -2.42. The standard InChI is InChI=1S/C23H24ClF3N6O2/c1-12-11-35-17(9-32(12)20-8-29-7-19-30-18(28)10-33(19)20)22(34)31-4-3-14-5-15(23(25,26)27)6-16(24)21(14)13(31)2/h5-8,10,12-13,17H,3-4,9,11,28H2,1-2H3/t12-,13-,17+/m0/s1. The predicted octanol–water partition coefficient (Wildman–Crippen LogP) is 3.72. The number of alkyl halides is 3. The highest BCUT2D eigenvalue weighted by Gasteiger charge is 2.39. The molecule has 2 N–H and O–H groups in total. The molecule has 1 fully saturated rings. The molecule has 5 rings (SSSR count). The second-order valence-corrected chi connectivity index (χ2v) is 9.38. The van der Waals surface area contributed by atoms with Crippen LogP contribution in [0.5, 0.6) is 0 Å². The number of rotatable bonds is 2. The van der Waals surface area contributed by atoms with Crippen LogP contribution >= 0.6 is 11.6 Å². The zero-order valence-electron chi connectivity index (χ0n) is 19.1. The minimum Gasteiger partial charge on any atom is -0.382 e. The second kappa shape index (κ2) is 8.56. The fourth-order valence-corrected chi connectivity index (χ4v) is 5.35. The molecule has 0 aliphatic carbocycles. The average Bonchev–Trinajstić information content (AvgIpc) is 3.18. The Labute approximate surface area is 204 Å². The molecule has 2 aliphatic heterocycles. The first-order valence-corrected chi connectivity index (χ1v) is 11.6. The van der Waals surface area contributed by atoms with E-state index in [-0.39, 0.29) is 36.5 Å². The molecule has 0 saturated carbocycles. The number of hydrogen-bond acceptors (Lipinski definition) is 6. The van der Waals surface area contributed by atoms with E-state index in [9.17, 15) is 18.0 Å². The summed E-state index contributed by atoms with van der Waals surface area (Å²) in [6.07, 6.45) is 0.0252. The van der Waals surface area contributed by atoms with Crippen LogP contribution in [0.1, 0.15) is 36.6 Å². The Morgan fingerprint density at radius 2 is 2.03 bits per heavy atom.